The molecular formula is C10H10Br2N4. The van der Waals surface area contributed by atoms with Crippen molar-refractivity contribution in [1.29, 1.82) is 0 Å². The first-order chi connectivity index (χ1) is 7.74. The molecule has 0 bridgehead atoms. The minimum absolute atomic E-state index is 0.723. The van der Waals surface area contributed by atoms with Crippen LogP contribution in [0.3, 0.4) is 0 Å². The van der Waals surface area contributed by atoms with Crippen LogP contribution in [0, 0.1) is 0 Å². The SMILES string of the molecule is CNCc1cnnn1-c1c(Br)cccc1Br. The lowest BCUT2D eigenvalue weighted by molar-refractivity contribution is 0.711. The van der Waals surface area contributed by atoms with Gasteiger partial charge in [0, 0.05) is 15.5 Å². The number of nitrogens with zero attached hydrogens (tertiary/aromatic N) is 3. The normalized spacial score (nSPS) is 10.7. The van der Waals surface area contributed by atoms with Gasteiger partial charge in [-0.3, -0.25) is 0 Å². The Bertz CT molecular complexity index is 475. The molecule has 0 aliphatic heterocycles. The molecule has 0 fully saturated rings. The average molecular weight is 346 g/mol. The second-order valence-electron chi connectivity index (χ2n) is 3.24. The molecule has 2 aromatic rings. The van der Waals surface area contributed by atoms with Crippen LogP contribution in [-0.4, -0.2) is 22.0 Å². The van der Waals surface area contributed by atoms with E-state index in [1.165, 1.54) is 0 Å². The summed E-state index contributed by atoms with van der Waals surface area (Å²) in [6.07, 6.45) is 1.75. The summed E-state index contributed by atoms with van der Waals surface area (Å²) < 4.78 is 3.76. The van der Waals surface area contributed by atoms with E-state index in [1.54, 1.807) is 6.20 Å². The van der Waals surface area contributed by atoms with E-state index in [-0.39, 0.29) is 0 Å². The third-order valence-corrected chi connectivity index (χ3v) is 3.41. The Morgan fingerprint density at radius 3 is 2.62 bits per heavy atom. The van der Waals surface area contributed by atoms with Crippen molar-refractivity contribution in [3.63, 3.8) is 0 Å². The molecule has 0 aliphatic carbocycles. The number of benzene rings is 1. The Hall–Kier alpha value is -0.720. The first-order valence-corrected chi connectivity index (χ1v) is 6.31. The van der Waals surface area contributed by atoms with Gasteiger partial charge in [-0.2, -0.15) is 0 Å². The number of para-hydroxylation sites is 1. The van der Waals surface area contributed by atoms with E-state index < -0.39 is 0 Å². The molecule has 0 spiro atoms. The zero-order valence-corrected chi connectivity index (χ0v) is 11.8. The van der Waals surface area contributed by atoms with E-state index >= 15 is 0 Å². The van der Waals surface area contributed by atoms with Crippen molar-refractivity contribution >= 4 is 31.9 Å². The fraction of sp³-hybridized carbons (Fsp3) is 0.200. The first kappa shape index (κ1) is 11.8. The largest absolute Gasteiger partial charge is 0.314 e. The number of rotatable bonds is 3. The topological polar surface area (TPSA) is 42.7 Å². The van der Waals surface area contributed by atoms with Gasteiger partial charge in [-0.15, -0.1) is 5.10 Å². The molecule has 4 nitrogen and oxygen atoms in total. The Balaban J connectivity index is 2.54. The molecule has 84 valence electrons. The van der Waals surface area contributed by atoms with Gasteiger partial charge in [0.1, 0.15) is 0 Å². The molecule has 0 atom stereocenters. The summed E-state index contributed by atoms with van der Waals surface area (Å²) in [4.78, 5) is 0. The Kier molecular flexibility index (Phi) is 3.73. The van der Waals surface area contributed by atoms with Gasteiger partial charge in [-0.1, -0.05) is 11.3 Å². The Morgan fingerprint density at radius 2 is 2.00 bits per heavy atom. The molecule has 16 heavy (non-hydrogen) atoms. The number of hydrogen-bond donors (Lipinski definition) is 1. The molecule has 0 saturated carbocycles. The highest BCUT2D eigenvalue weighted by Gasteiger charge is 2.11. The predicted octanol–water partition coefficient (Wildman–Crippen LogP) is 2.51. The molecular weight excluding hydrogens is 336 g/mol. The lowest BCUT2D eigenvalue weighted by atomic mass is 10.3. The van der Waals surface area contributed by atoms with Gasteiger partial charge in [0.2, 0.25) is 0 Å². The number of halogens is 2. The van der Waals surface area contributed by atoms with Crippen LogP contribution in [0.25, 0.3) is 5.69 Å². The molecule has 6 heteroatoms. The number of aromatic nitrogens is 3. The summed E-state index contributed by atoms with van der Waals surface area (Å²) >= 11 is 7.03. The molecule has 0 saturated heterocycles. The highest BCUT2D eigenvalue weighted by molar-refractivity contribution is 9.11. The van der Waals surface area contributed by atoms with Crippen molar-refractivity contribution < 1.29 is 0 Å². The molecule has 1 aromatic carbocycles. The molecule has 0 radical (unpaired) electrons. The fourth-order valence-electron chi connectivity index (χ4n) is 1.44. The van der Waals surface area contributed by atoms with Crippen molar-refractivity contribution in [3.8, 4) is 5.69 Å². The van der Waals surface area contributed by atoms with Gasteiger partial charge >= 0.3 is 0 Å². The average Bonchev–Trinajstić information content (AvgIpc) is 2.67. The summed E-state index contributed by atoms with van der Waals surface area (Å²) in [5, 5.41) is 11.1. The third-order valence-electron chi connectivity index (χ3n) is 2.13. The molecule has 0 aliphatic rings. The summed E-state index contributed by atoms with van der Waals surface area (Å²) in [7, 11) is 1.90. The van der Waals surface area contributed by atoms with E-state index in [0.717, 1.165) is 26.9 Å². The summed E-state index contributed by atoms with van der Waals surface area (Å²) in [6, 6.07) is 5.92. The lowest BCUT2D eigenvalue weighted by Crippen LogP contribution is -2.11. The van der Waals surface area contributed by atoms with Gasteiger partial charge in [0.15, 0.2) is 0 Å². The molecule has 0 amide bonds. The van der Waals surface area contributed by atoms with Crippen molar-refractivity contribution in [2.24, 2.45) is 0 Å². The van der Waals surface area contributed by atoms with Crippen molar-refractivity contribution in [3.05, 3.63) is 39.0 Å². The van der Waals surface area contributed by atoms with Crippen LogP contribution in [0.4, 0.5) is 0 Å². The molecule has 1 heterocycles. The van der Waals surface area contributed by atoms with Gasteiger partial charge < -0.3 is 5.32 Å². The summed E-state index contributed by atoms with van der Waals surface area (Å²) in [6.45, 7) is 0.723. The van der Waals surface area contributed by atoms with Gasteiger partial charge in [-0.25, -0.2) is 4.68 Å². The summed E-state index contributed by atoms with van der Waals surface area (Å²) in [5.74, 6) is 0. The van der Waals surface area contributed by atoms with E-state index in [2.05, 4.69) is 47.5 Å². The lowest BCUT2D eigenvalue weighted by Gasteiger charge is -2.09. The second-order valence-corrected chi connectivity index (χ2v) is 4.95. The van der Waals surface area contributed by atoms with Crippen LogP contribution in [-0.2, 0) is 6.54 Å². The van der Waals surface area contributed by atoms with Crippen molar-refractivity contribution in [2.75, 3.05) is 7.05 Å². The molecule has 1 N–H and O–H groups in total. The summed E-state index contributed by atoms with van der Waals surface area (Å²) in [5.41, 5.74) is 1.97. The fourth-order valence-corrected chi connectivity index (χ4v) is 2.77. The monoisotopic (exact) mass is 344 g/mol. The van der Waals surface area contributed by atoms with Crippen molar-refractivity contribution in [2.45, 2.75) is 6.54 Å². The van der Waals surface area contributed by atoms with Crippen molar-refractivity contribution in [1.82, 2.24) is 20.3 Å². The highest BCUT2D eigenvalue weighted by Crippen LogP contribution is 2.29. The first-order valence-electron chi connectivity index (χ1n) is 4.72. The number of nitrogens with one attached hydrogen (secondary N) is 1. The highest BCUT2D eigenvalue weighted by atomic mass is 79.9. The van der Waals surface area contributed by atoms with E-state index in [4.69, 9.17) is 0 Å². The predicted molar refractivity (Wildman–Crippen MR) is 69.5 cm³/mol. The van der Waals surface area contributed by atoms with Crippen LogP contribution in [0.5, 0.6) is 0 Å². The minimum Gasteiger partial charge on any atom is -0.314 e. The molecule has 1 aromatic heterocycles. The maximum Gasteiger partial charge on any atom is 0.0951 e. The van der Waals surface area contributed by atoms with E-state index in [1.807, 2.05) is 29.9 Å². The van der Waals surface area contributed by atoms with Crippen LogP contribution in [0.2, 0.25) is 0 Å². The standard InChI is InChI=1S/C10H10Br2N4/c1-13-5-7-6-14-15-16(7)10-8(11)3-2-4-9(10)12/h2-4,6,13H,5H2,1H3. The van der Waals surface area contributed by atoms with Crippen LogP contribution in [0.15, 0.2) is 33.3 Å². The Labute approximate surface area is 110 Å². The van der Waals surface area contributed by atoms with Crippen LogP contribution < -0.4 is 5.32 Å². The van der Waals surface area contributed by atoms with Crippen LogP contribution >= 0.6 is 31.9 Å². The smallest absolute Gasteiger partial charge is 0.0951 e. The Morgan fingerprint density at radius 1 is 1.31 bits per heavy atom. The quantitative estimate of drug-likeness (QED) is 0.929. The maximum atomic E-state index is 4.09. The van der Waals surface area contributed by atoms with E-state index in [9.17, 15) is 0 Å². The molecule has 2 rings (SSSR count). The number of hydrogen-bond acceptors (Lipinski definition) is 3. The zero-order valence-electron chi connectivity index (χ0n) is 8.61. The van der Waals surface area contributed by atoms with Gasteiger partial charge in [-0.05, 0) is 51.0 Å². The third kappa shape index (κ3) is 2.18. The van der Waals surface area contributed by atoms with E-state index in [0.29, 0.717) is 0 Å². The van der Waals surface area contributed by atoms with Gasteiger partial charge in [0.05, 0.1) is 17.6 Å². The zero-order chi connectivity index (χ0) is 11.5. The van der Waals surface area contributed by atoms with Crippen LogP contribution in [0.1, 0.15) is 5.69 Å². The van der Waals surface area contributed by atoms with Gasteiger partial charge in [0.25, 0.3) is 0 Å². The maximum absolute atomic E-state index is 4.09. The second kappa shape index (κ2) is 5.07. The minimum atomic E-state index is 0.723. The molecule has 0 unspecified atom stereocenters.